The summed E-state index contributed by atoms with van der Waals surface area (Å²) in [5, 5.41) is 11.4. The lowest BCUT2D eigenvalue weighted by atomic mass is 10.2. The van der Waals surface area contributed by atoms with Gasteiger partial charge in [0.15, 0.2) is 0 Å². The Morgan fingerprint density at radius 3 is 2.89 bits per heavy atom. The maximum Gasteiger partial charge on any atom is 0.345 e. The first kappa shape index (κ1) is 14.2. The van der Waals surface area contributed by atoms with Crippen LogP contribution in [0.5, 0.6) is 5.75 Å². The summed E-state index contributed by atoms with van der Waals surface area (Å²) >= 11 is 8.75. The fourth-order valence-corrected chi connectivity index (χ4v) is 3.57. The van der Waals surface area contributed by atoms with E-state index < -0.39 is 5.97 Å². The Hall–Kier alpha value is -1.17. The molecule has 2 aromatic rings. The predicted octanol–water partition coefficient (Wildman–Crippen LogP) is 4.40. The Morgan fingerprint density at radius 1 is 1.47 bits per heavy atom. The van der Waals surface area contributed by atoms with Crippen molar-refractivity contribution in [2.45, 2.75) is 10.6 Å². The van der Waals surface area contributed by atoms with Crippen LogP contribution in [0.3, 0.4) is 0 Å². The van der Waals surface area contributed by atoms with Crippen molar-refractivity contribution in [1.29, 1.82) is 0 Å². The molecule has 2 rings (SSSR count). The summed E-state index contributed by atoms with van der Waals surface area (Å²) in [6.45, 7) is 0. The minimum atomic E-state index is -0.891. The molecular formula is C13H11ClO3S2. The average molecular weight is 315 g/mol. The summed E-state index contributed by atoms with van der Waals surface area (Å²) in [4.78, 5) is 12.1. The SMILES string of the molecule is COc1ccc(Cl)cc1CSc1csc(C(=O)O)c1. The third kappa shape index (κ3) is 3.65. The molecule has 0 radical (unpaired) electrons. The smallest absolute Gasteiger partial charge is 0.345 e. The number of carboxylic acids is 1. The molecule has 0 aliphatic rings. The highest BCUT2D eigenvalue weighted by molar-refractivity contribution is 7.98. The summed E-state index contributed by atoms with van der Waals surface area (Å²) in [5.74, 6) is 0.572. The van der Waals surface area contributed by atoms with Crippen molar-refractivity contribution in [3.63, 3.8) is 0 Å². The number of halogens is 1. The summed E-state index contributed by atoms with van der Waals surface area (Å²) < 4.78 is 5.27. The summed E-state index contributed by atoms with van der Waals surface area (Å²) in [5.41, 5.74) is 0.989. The van der Waals surface area contributed by atoms with E-state index in [4.69, 9.17) is 21.4 Å². The van der Waals surface area contributed by atoms with Gasteiger partial charge in [0, 0.05) is 26.6 Å². The largest absolute Gasteiger partial charge is 0.496 e. The van der Waals surface area contributed by atoms with E-state index in [2.05, 4.69) is 0 Å². The lowest BCUT2D eigenvalue weighted by Gasteiger charge is -2.07. The number of aromatic carboxylic acids is 1. The lowest BCUT2D eigenvalue weighted by molar-refractivity contribution is 0.0702. The number of ether oxygens (including phenoxy) is 1. The number of carboxylic acid groups (broad SMARTS) is 1. The van der Waals surface area contributed by atoms with E-state index in [9.17, 15) is 4.79 Å². The summed E-state index contributed by atoms with van der Waals surface area (Å²) in [7, 11) is 1.62. The van der Waals surface area contributed by atoms with Gasteiger partial charge in [-0.2, -0.15) is 0 Å². The molecule has 0 amide bonds. The van der Waals surface area contributed by atoms with Crippen molar-refractivity contribution >= 4 is 40.7 Å². The van der Waals surface area contributed by atoms with Gasteiger partial charge in [0.25, 0.3) is 0 Å². The maximum atomic E-state index is 10.8. The highest BCUT2D eigenvalue weighted by atomic mass is 35.5. The second-order valence-corrected chi connectivity index (χ2v) is 6.09. The molecule has 1 aromatic heterocycles. The van der Waals surface area contributed by atoms with Gasteiger partial charge in [-0.15, -0.1) is 23.1 Å². The standard InChI is InChI=1S/C13H11ClO3S2/c1-17-11-3-2-9(14)4-8(11)6-18-10-5-12(13(15)16)19-7-10/h2-5,7H,6H2,1H3,(H,15,16). The van der Waals surface area contributed by atoms with Gasteiger partial charge in [-0.3, -0.25) is 0 Å². The minimum Gasteiger partial charge on any atom is -0.496 e. The number of carbonyl (C=O) groups is 1. The second-order valence-electron chi connectivity index (χ2n) is 3.70. The van der Waals surface area contributed by atoms with Crippen molar-refractivity contribution in [2.24, 2.45) is 0 Å². The van der Waals surface area contributed by atoms with Crippen molar-refractivity contribution < 1.29 is 14.6 Å². The second kappa shape index (κ2) is 6.32. The highest BCUT2D eigenvalue weighted by Gasteiger charge is 2.09. The molecular weight excluding hydrogens is 304 g/mol. The molecule has 1 heterocycles. The normalized spacial score (nSPS) is 10.4. The zero-order valence-corrected chi connectivity index (χ0v) is 12.4. The number of thioether (sulfide) groups is 1. The van der Waals surface area contributed by atoms with Crippen LogP contribution in [0.1, 0.15) is 15.2 Å². The number of hydrogen-bond acceptors (Lipinski definition) is 4. The number of thiophene rings is 1. The Balaban J connectivity index is 2.09. The molecule has 3 nitrogen and oxygen atoms in total. The Kier molecular flexibility index (Phi) is 4.74. The van der Waals surface area contributed by atoms with Crippen LogP contribution in [-0.2, 0) is 5.75 Å². The Morgan fingerprint density at radius 2 is 2.26 bits per heavy atom. The van der Waals surface area contributed by atoms with Gasteiger partial charge >= 0.3 is 5.97 Å². The molecule has 1 aromatic carbocycles. The van der Waals surface area contributed by atoms with Crippen molar-refractivity contribution in [3.8, 4) is 5.75 Å². The molecule has 0 atom stereocenters. The molecule has 19 heavy (non-hydrogen) atoms. The van der Waals surface area contributed by atoms with Crippen LogP contribution in [-0.4, -0.2) is 18.2 Å². The fourth-order valence-electron chi connectivity index (χ4n) is 1.53. The van der Waals surface area contributed by atoms with Crippen molar-refractivity contribution in [3.05, 3.63) is 45.1 Å². The van der Waals surface area contributed by atoms with Crippen LogP contribution in [0.15, 0.2) is 34.5 Å². The van der Waals surface area contributed by atoms with E-state index in [0.717, 1.165) is 16.2 Å². The molecule has 6 heteroatoms. The van der Waals surface area contributed by atoms with Gasteiger partial charge in [0.05, 0.1) is 7.11 Å². The Bertz CT molecular complexity index is 595. The quantitative estimate of drug-likeness (QED) is 0.831. The van der Waals surface area contributed by atoms with Gasteiger partial charge in [-0.1, -0.05) is 11.6 Å². The lowest BCUT2D eigenvalue weighted by Crippen LogP contribution is -1.91. The van der Waals surface area contributed by atoms with E-state index in [1.54, 1.807) is 31.0 Å². The first-order valence-electron chi connectivity index (χ1n) is 5.37. The molecule has 0 fully saturated rings. The van der Waals surface area contributed by atoms with Gasteiger partial charge in [-0.25, -0.2) is 4.79 Å². The third-order valence-electron chi connectivity index (χ3n) is 2.42. The Labute approximate surface area is 124 Å². The zero-order valence-electron chi connectivity index (χ0n) is 10.1. The van der Waals surface area contributed by atoms with Crippen LogP contribution in [0, 0.1) is 0 Å². The maximum absolute atomic E-state index is 10.8. The molecule has 0 saturated carbocycles. The van der Waals surface area contributed by atoms with E-state index in [1.165, 1.54) is 11.3 Å². The first-order chi connectivity index (χ1) is 9.10. The van der Waals surface area contributed by atoms with Crippen LogP contribution in [0.25, 0.3) is 0 Å². The zero-order chi connectivity index (χ0) is 13.8. The molecule has 0 unspecified atom stereocenters. The number of benzene rings is 1. The molecule has 0 spiro atoms. The number of methoxy groups -OCH3 is 1. The van der Waals surface area contributed by atoms with Gasteiger partial charge in [0.1, 0.15) is 10.6 Å². The number of hydrogen-bond donors (Lipinski definition) is 1. The van der Waals surface area contributed by atoms with Gasteiger partial charge < -0.3 is 9.84 Å². The van der Waals surface area contributed by atoms with Crippen LogP contribution in [0.4, 0.5) is 0 Å². The minimum absolute atomic E-state index is 0.348. The topological polar surface area (TPSA) is 46.5 Å². The van der Waals surface area contributed by atoms with E-state index in [1.807, 2.05) is 17.5 Å². The number of rotatable bonds is 5. The fraction of sp³-hybridized carbons (Fsp3) is 0.154. The van der Waals surface area contributed by atoms with Crippen molar-refractivity contribution in [1.82, 2.24) is 0 Å². The molecule has 100 valence electrons. The van der Waals surface area contributed by atoms with E-state index in [-0.39, 0.29) is 0 Å². The van der Waals surface area contributed by atoms with Gasteiger partial charge in [-0.05, 0) is 24.3 Å². The summed E-state index contributed by atoms with van der Waals surface area (Å²) in [6, 6.07) is 7.14. The van der Waals surface area contributed by atoms with Gasteiger partial charge in [0.2, 0.25) is 0 Å². The molecule has 0 aliphatic carbocycles. The third-order valence-corrected chi connectivity index (χ3v) is 4.75. The molecule has 0 aliphatic heterocycles. The molecule has 0 saturated heterocycles. The van der Waals surface area contributed by atoms with E-state index >= 15 is 0 Å². The molecule has 1 N–H and O–H groups in total. The first-order valence-corrected chi connectivity index (χ1v) is 7.61. The van der Waals surface area contributed by atoms with Crippen LogP contribution in [0.2, 0.25) is 5.02 Å². The van der Waals surface area contributed by atoms with Crippen LogP contribution < -0.4 is 4.74 Å². The highest BCUT2D eigenvalue weighted by Crippen LogP contribution is 2.32. The van der Waals surface area contributed by atoms with Crippen molar-refractivity contribution in [2.75, 3.05) is 7.11 Å². The average Bonchev–Trinajstić information content (AvgIpc) is 2.85. The van der Waals surface area contributed by atoms with E-state index in [0.29, 0.717) is 15.7 Å². The predicted molar refractivity (Wildman–Crippen MR) is 78.8 cm³/mol. The molecule has 0 bridgehead atoms. The monoisotopic (exact) mass is 314 g/mol. The summed E-state index contributed by atoms with van der Waals surface area (Å²) in [6.07, 6.45) is 0. The van der Waals surface area contributed by atoms with Crippen LogP contribution >= 0.6 is 34.7 Å².